The number of ether oxygens (including phenoxy) is 4. The molecule has 0 fully saturated rings. The zero-order valence-corrected chi connectivity index (χ0v) is 21.0. The SMILES string of the molecule is COc1cc2oc(-c3ccc4c(c3)OC(c3ccccc3)(c3ccccc3)O4)cc(=O)c2c(O)c1OC(C)=O. The molecule has 8 nitrogen and oxygen atoms in total. The lowest BCUT2D eigenvalue weighted by Gasteiger charge is -2.28. The van der Waals surface area contributed by atoms with E-state index in [4.69, 9.17) is 23.4 Å². The Morgan fingerprint density at radius 3 is 2.10 bits per heavy atom. The number of fused-ring (bicyclic) bond motifs is 2. The van der Waals surface area contributed by atoms with E-state index in [-0.39, 0.29) is 28.2 Å². The summed E-state index contributed by atoms with van der Waals surface area (Å²) in [7, 11) is 1.35. The molecule has 0 spiro atoms. The van der Waals surface area contributed by atoms with Gasteiger partial charge in [0.15, 0.2) is 28.4 Å². The molecule has 2 heterocycles. The van der Waals surface area contributed by atoms with Crippen molar-refractivity contribution in [1.29, 1.82) is 0 Å². The molecule has 194 valence electrons. The summed E-state index contributed by atoms with van der Waals surface area (Å²) in [5, 5.41) is 10.6. The largest absolute Gasteiger partial charge is 0.504 e. The van der Waals surface area contributed by atoms with Crippen LogP contribution in [0.15, 0.2) is 100 Å². The quantitative estimate of drug-likeness (QED) is 0.229. The molecule has 1 aromatic heterocycles. The van der Waals surface area contributed by atoms with Crippen LogP contribution in [0.25, 0.3) is 22.3 Å². The van der Waals surface area contributed by atoms with E-state index in [1.165, 1.54) is 26.2 Å². The van der Waals surface area contributed by atoms with Gasteiger partial charge in [-0.3, -0.25) is 9.59 Å². The predicted molar refractivity (Wildman–Crippen MR) is 142 cm³/mol. The molecule has 39 heavy (non-hydrogen) atoms. The van der Waals surface area contributed by atoms with Gasteiger partial charge < -0.3 is 28.5 Å². The minimum atomic E-state index is -1.19. The van der Waals surface area contributed by atoms with Crippen LogP contribution in [-0.2, 0) is 10.6 Å². The third-order valence-electron chi connectivity index (χ3n) is 6.42. The second kappa shape index (κ2) is 9.25. The second-order valence-electron chi connectivity index (χ2n) is 8.91. The van der Waals surface area contributed by atoms with Gasteiger partial charge >= 0.3 is 11.8 Å². The van der Waals surface area contributed by atoms with E-state index in [9.17, 15) is 14.7 Å². The van der Waals surface area contributed by atoms with E-state index in [1.54, 1.807) is 18.2 Å². The first kappa shape index (κ1) is 24.1. The van der Waals surface area contributed by atoms with Crippen LogP contribution in [-0.4, -0.2) is 18.2 Å². The van der Waals surface area contributed by atoms with Gasteiger partial charge in [-0.2, -0.15) is 0 Å². The number of rotatable bonds is 5. The fourth-order valence-corrected chi connectivity index (χ4v) is 4.67. The van der Waals surface area contributed by atoms with Crippen LogP contribution >= 0.6 is 0 Å². The van der Waals surface area contributed by atoms with Crippen LogP contribution in [0, 0.1) is 0 Å². The minimum Gasteiger partial charge on any atom is -0.504 e. The Labute approximate surface area is 222 Å². The number of hydrogen-bond donors (Lipinski definition) is 1. The van der Waals surface area contributed by atoms with E-state index in [0.29, 0.717) is 17.1 Å². The topological polar surface area (TPSA) is 104 Å². The summed E-state index contributed by atoms with van der Waals surface area (Å²) in [5.41, 5.74) is 1.72. The second-order valence-corrected chi connectivity index (χ2v) is 8.91. The molecule has 1 N–H and O–H groups in total. The highest BCUT2D eigenvalue weighted by molar-refractivity contribution is 5.91. The first-order valence-electron chi connectivity index (χ1n) is 12.1. The van der Waals surface area contributed by atoms with Crippen molar-refractivity contribution in [2.75, 3.05) is 7.11 Å². The Kier molecular flexibility index (Phi) is 5.72. The first-order valence-corrected chi connectivity index (χ1v) is 12.1. The maximum Gasteiger partial charge on any atom is 0.308 e. The van der Waals surface area contributed by atoms with Crippen LogP contribution < -0.4 is 24.4 Å². The average Bonchev–Trinajstić information content (AvgIpc) is 3.35. The number of carbonyl (C=O) groups excluding carboxylic acids is 1. The van der Waals surface area contributed by atoms with Gasteiger partial charge in [0, 0.05) is 35.7 Å². The highest BCUT2D eigenvalue weighted by Crippen LogP contribution is 2.49. The van der Waals surface area contributed by atoms with Crippen molar-refractivity contribution in [2.45, 2.75) is 12.7 Å². The van der Waals surface area contributed by atoms with E-state index in [1.807, 2.05) is 60.7 Å². The Bertz CT molecular complexity index is 1730. The normalized spacial score (nSPS) is 13.3. The first-order chi connectivity index (χ1) is 18.9. The van der Waals surface area contributed by atoms with Crippen molar-refractivity contribution < 1.29 is 33.3 Å². The molecule has 0 unspecified atom stereocenters. The van der Waals surface area contributed by atoms with E-state index in [2.05, 4.69) is 0 Å². The van der Waals surface area contributed by atoms with Gasteiger partial charge in [-0.1, -0.05) is 60.7 Å². The molecule has 0 saturated heterocycles. The Balaban J connectivity index is 1.45. The summed E-state index contributed by atoms with van der Waals surface area (Å²) in [5.74, 6) is -1.39. The molecule has 0 amide bonds. The van der Waals surface area contributed by atoms with Crippen LogP contribution in [0.4, 0.5) is 0 Å². The molecule has 4 aromatic carbocycles. The number of aromatic hydroxyl groups is 1. The highest BCUT2D eigenvalue weighted by atomic mass is 16.7. The summed E-state index contributed by atoms with van der Waals surface area (Å²) in [6.07, 6.45) is 0. The molecule has 0 radical (unpaired) electrons. The van der Waals surface area contributed by atoms with Gasteiger partial charge in [0.05, 0.1) is 7.11 Å². The van der Waals surface area contributed by atoms with Crippen LogP contribution in [0.3, 0.4) is 0 Å². The van der Waals surface area contributed by atoms with Crippen LogP contribution in [0.1, 0.15) is 18.1 Å². The molecule has 0 saturated carbocycles. The molecule has 0 atom stereocenters. The van der Waals surface area contributed by atoms with Gasteiger partial charge in [0.1, 0.15) is 16.7 Å². The van der Waals surface area contributed by atoms with Crippen molar-refractivity contribution in [3.05, 3.63) is 112 Å². The third-order valence-corrected chi connectivity index (χ3v) is 6.42. The zero-order chi connectivity index (χ0) is 27.1. The van der Waals surface area contributed by atoms with E-state index >= 15 is 0 Å². The lowest BCUT2D eigenvalue weighted by Crippen LogP contribution is -2.36. The molecule has 6 rings (SSSR count). The van der Waals surface area contributed by atoms with E-state index in [0.717, 1.165) is 11.1 Å². The molecule has 0 bridgehead atoms. The standard InChI is InChI=1S/C31H22O8/c1-18(32)36-30-27(35-2)17-26-28(29(30)34)22(33)16-24(37-26)19-13-14-23-25(15-19)39-31(38-23,20-9-5-3-6-10-20)21-11-7-4-8-12-21/h3-17,34H,1-2H3. The molecule has 8 heteroatoms. The van der Waals surface area contributed by atoms with Crippen molar-refractivity contribution in [3.8, 4) is 40.1 Å². The summed E-state index contributed by atoms with van der Waals surface area (Å²) in [6.45, 7) is 1.18. The lowest BCUT2D eigenvalue weighted by atomic mass is 9.97. The van der Waals surface area contributed by atoms with Crippen molar-refractivity contribution in [1.82, 2.24) is 0 Å². The van der Waals surface area contributed by atoms with Crippen molar-refractivity contribution >= 4 is 16.9 Å². The van der Waals surface area contributed by atoms with Gasteiger partial charge in [0.25, 0.3) is 0 Å². The fraction of sp³-hybridized carbons (Fsp3) is 0.0968. The number of esters is 1. The number of benzene rings is 4. The number of phenols is 1. The number of methoxy groups -OCH3 is 1. The lowest BCUT2D eigenvalue weighted by molar-refractivity contribution is -0.132. The summed E-state index contributed by atoms with van der Waals surface area (Å²) in [4.78, 5) is 24.6. The number of hydrogen-bond acceptors (Lipinski definition) is 8. The summed E-state index contributed by atoms with van der Waals surface area (Å²) < 4.78 is 29.3. The molecule has 5 aromatic rings. The third kappa shape index (κ3) is 4.02. The van der Waals surface area contributed by atoms with Crippen LogP contribution in [0.2, 0.25) is 0 Å². The van der Waals surface area contributed by atoms with Gasteiger partial charge in [0.2, 0.25) is 5.75 Å². The molecular formula is C31H22O8. The summed E-state index contributed by atoms with van der Waals surface area (Å²) >= 11 is 0. The minimum absolute atomic E-state index is 0.0386. The van der Waals surface area contributed by atoms with Gasteiger partial charge in [-0.25, -0.2) is 0 Å². The fourth-order valence-electron chi connectivity index (χ4n) is 4.67. The summed E-state index contributed by atoms with van der Waals surface area (Å²) in [6, 6.07) is 27.1. The van der Waals surface area contributed by atoms with Crippen molar-refractivity contribution in [3.63, 3.8) is 0 Å². The molecular weight excluding hydrogens is 500 g/mol. The number of carbonyl (C=O) groups is 1. The highest BCUT2D eigenvalue weighted by Gasteiger charge is 2.45. The molecule has 1 aliphatic heterocycles. The Morgan fingerprint density at radius 1 is 0.846 bits per heavy atom. The Morgan fingerprint density at radius 2 is 1.49 bits per heavy atom. The molecule has 0 aliphatic carbocycles. The zero-order valence-electron chi connectivity index (χ0n) is 21.0. The average molecular weight is 523 g/mol. The smallest absolute Gasteiger partial charge is 0.308 e. The monoisotopic (exact) mass is 522 g/mol. The Hall–Kier alpha value is -5.24. The number of phenolic OH excluding ortho intramolecular Hbond substituents is 1. The van der Waals surface area contributed by atoms with Gasteiger partial charge in [-0.05, 0) is 18.2 Å². The van der Waals surface area contributed by atoms with Crippen LogP contribution in [0.5, 0.6) is 28.7 Å². The maximum atomic E-state index is 13.1. The predicted octanol–water partition coefficient (Wildman–Crippen LogP) is 5.77. The maximum absolute atomic E-state index is 13.1. The van der Waals surface area contributed by atoms with Crippen molar-refractivity contribution in [2.24, 2.45) is 0 Å². The van der Waals surface area contributed by atoms with E-state index < -0.39 is 22.9 Å². The van der Waals surface area contributed by atoms with Gasteiger partial charge in [-0.15, -0.1) is 0 Å². The molecule has 1 aliphatic rings.